The van der Waals surface area contributed by atoms with E-state index in [2.05, 4.69) is 4.98 Å². The van der Waals surface area contributed by atoms with Crippen LogP contribution >= 0.6 is 11.6 Å². The molecule has 2 heterocycles. The van der Waals surface area contributed by atoms with Gasteiger partial charge in [-0.15, -0.1) is 0 Å². The Balaban J connectivity index is 2.82. The third kappa shape index (κ3) is 1.44. The smallest absolute Gasteiger partial charge is 0.259 e. The molecule has 0 radical (unpaired) electrons. The molecule has 0 amide bonds. The zero-order chi connectivity index (χ0) is 10.1. The number of methoxy groups -OCH3 is 1. The lowest BCUT2D eigenvalue weighted by Crippen LogP contribution is -2.13. The predicted octanol–water partition coefficient (Wildman–Crippen LogP) is 1.36. The van der Waals surface area contributed by atoms with Gasteiger partial charge in [0, 0.05) is 6.07 Å². The third-order valence-electron chi connectivity index (χ3n) is 1.84. The monoisotopic (exact) mass is 210 g/mol. The van der Waals surface area contributed by atoms with Crippen molar-refractivity contribution in [3.8, 4) is 5.75 Å². The van der Waals surface area contributed by atoms with Gasteiger partial charge >= 0.3 is 0 Å². The highest BCUT2D eigenvalue weighted by Gasteiger charge is 2.01. The van der Waals surface area contributed by atoms with E-state index in [4.69, 9.17) is 16.3 Å². The van der Waals surface area contributed by atoms with Gasteiger partial charge in [-0.2, -0.15) is 0 Å². The maximum absolute atomic E-state index is 11.5. The Morgan fingerprint density at radius 1 is 1.50 bits per heavy atom. The Kier molecular flexibility index (Phi) is 2.13. The lowest BCUT2D eigenvalue weighted by Gasteiger charge is -2.02. The molecule has 0 fully saturated rings. The van der Waals surface area contributed by atoms with Gasteiger partial charge in [0.2, 0.25) is 0 Å². The molecule has 14 heavy (non-hydrogen) atoms. The highest BCUT2D eigenvalue weighted by Crippen LogP contribution is 2.11. The van der Waals surface area contributed by atoms with E-state index in [0.29, 0.717) is 11.4 Å². The van der Waals surface area contributed by atoms with E-state index in [1.54, 1.807) is 18.3 Å². The maximum atomic E-state index is 11.5. The van der Waals surface area contributed by atoms with E-state index in [-0.39, 0.29) is 10.7 Å². The van der Waals surface area contributed by atoms with Gasteiger partial charge < -0.3 is 4.74 Å². The van der Waals surface area contributed by atoms with Crippen LogP contribution in [0.2, 0.25) is 5.15 Å². The van der Waals surface area contributed by atoms with Crippen LogP contribution in [0.1, 0.15) is 0 Å². The molecule has 5 heteroatoms. The lowest BCUT2D eigenvalue weighted by molar-refractivity contribution is 0.412. The first-order valence-electron chi connectivity index (χ1n) is 3.93. The number of hydrogen-bond acceptors (Lipinski definition) is 3. The zero-order valence-corrected chi connectivity index (χ0v) is 8.15. The topological polar surface area (TPSA) is 43.6 Å². The van der Waals surface area contributed by atoms with Gasteiger partial charge in [-0.25, -0.2) is 4.98 Å². The van der Waals surface area contributed by atoms with Crippen molar-refractivity contribution < 1.29 is 4.74 Å². The van der Waals surface area contributed by atoms with Crippen LogP contribution in [0.3, 0.4) is 0 Å². The van der Waals surface area contributed by atoms with Gasteiger partial charge in [-0.3, -0.25) is 9.20 Å². The summed E-state index contributed by atoms with van der Waals surface area (Å²) in [7, 11) is 1.54. The summed E-state index contributed by atoms with van der Waals surface area (Å²) < 4.78 is 6.37. The van der Waals surface area contributed by atoms with E-state index >= 15 is 0 Å². The van der Waals surface area contributed by atoms with Crippen molar-refractivity contribution in [3.63, 3.8) is 0 Å². The number of rotatable bonds is 1. The first-order valence-corrected chi connectivity index (χ1v) is 4.31. The Labute approximate surface area is 84.7 Å². The fourth-order valence-corrected chi connectivity index (χ4v) is 1.35. The fraction of sp³-hybridized carbons (Fsp3) is 0.111. The van der Waals surface area contributed by atoms with E-state index in [9.17, 15) is 4.79 Å². The molecule has 0 N–H and O–H groups in total. The molecule has 0 atom stereocenters. The van der Waals surface area contributed by atoms with Gasteiger partial charge in [0.15, 0.2) is 0 Å². The number of hydrogen-bond donors (Lipinski definition) is 0. The van der Waals surface area contributed by atoms with E-state index in [1.165, 1.54) is 17.6 Å². The molecule has 0 aliphatic rings. The van der Waals surface area contributed by atoms with Crippen LogP contribution in [-0.4, -0.2) is 16.5 Å². The number of nitrogens with zero attached hydrogens (tertiary/aromatic N) is 2. The average Bonchev–Trinajstić information content (AvgIpc) is 2.17. The Morgan fingerprint density at radius 3 is 3.00 bits per heavy atom. The molecule has 0 aliphatic carbocycles. The molecule has 0 bridgehead atoms. The van der Waals surface area contributed by atoms with Crippen molar-refractivity contribution in [2.45, 2.75) is 0 Å². The van der Waals surface area contributed by atoms with E-state index < -0.39 is 0 Å². The summed E-state index contributed by atoms with van der Waals surface area (Å²) in [5.41, 5.74) is 0.280. The largest absolute Gasteiger partial charge is 0.495 e. The summed E-state index contributed by atoms with van der Waals surface area (Å²) in [5, 5.41) is 0.195. The average molecular weight is 211 g/mol. The number of fused-ring (bicyclic) bond motifs is 1. The quantitative estimate of drug-likeness (QED) is 0.668. The second-order valence-corrected chi connectivity index (χ2v) is 3.10. The minimum absolute atomic E-state index is 0.195. The highest BCUT2D eigenvalue weighted by atomic mass is 35.5. The van der Waals surface area contributed by atoms with Crippen LogP contribution in [-0.2, 0) is 0 Å². The summed E-state index contributed by atoms with van der Waals surface area (Å²) >= 11 is 5.64. The van der Waals surface area contributed by atoms with Crippen LogP contribution in [0.4, 0.5) is 0 Å². The van der Waals surface area contributed by atoms with Crippen LogP contribution < -0.4 is 10.3 Å². The molecule has 72 valence electrons. The fourth-order valence-electron chi connectivity index (χ4n) is 1.17. The van der Waals surface area contributed by atoms with Crippen LogP contribution in [0, 0.1) is 0 Å². The van der Waals surface area contributed by atoms with Crippen LogP contribution in [0.15, 0.2) is 29.2 Å². The van der Waals surface area contributed by atoms with Crippen molar-refractivity contribution in [2.24, 2.45) is 0 Å². The highest BCUT2D eigenvalue weighted by molar-refractivity contribution is 6.29. The van der Waals surface area contributed by atoms with Crippen molar-refractivity contribution >= 4 is 17.2 Å². The lowest BCUT2D eigenvalue weighted by atomic mass is 10.4. The molecule has 0 unspecified atom stereocenters. The molecular weight excluding hydrogens is 204 g/mol. The van der Waals surface area contributed by atoms with Crippen LogP contribution in [0.5, 0.6) is 5.75 Å². The summed E-state index contributed by atoms with van der Waals surface area (Å²) in [4.78, 5) is 15.4. The van der Waals surface area contributed by atoms with Crippen molar-refractivity contribution in [2.75, 3.05) is 7.11 Å². The maximum Gasteiger partial charge on any atom is 0.259 e. The molecule has 0 aromatic carbocycles. The number of halogens is 1. The summed E-state index contributed by atoms with van der Waals surface area (Å²) in [5.74, 6) is 0.601. The second kappa shape index (κ2) is 3.31. The number of aromatic nitrogens is 2. The molecule has 2 aromatic rings. The van der Waals surface area contributed by atoms with E-state index in [1.807, 2.05) is 0 Å². The summed E-state index contributed by atoms with van der Waals surface area (Å²) in [6.07, 6.45) is 1.57. The third-order valence-corrected chi connectivity index (χ3v) is 2.03. The van der Waals surface area contributed by atoms with Crippen LogP contribution in [0.25, 0.3) is 5.65 Å². The van der Waals surface area contributed by atoms with Gasteiger partial charge in [0.1, 0.15) is 16.5 Å². The zero-order valence-electron chi connectivity index (χ0n) is 7.40. The normalized spacial score (nSPS) is 10.4. The van der Waals surface area contributed by atoms with Gasteiger partial charge in [-0.1, -0.05) is 11.6 Å². The van der Waals surface area contributed by atoms with Crippen molar-refractivity contribution in [1.82, 2.24) is 9.38 Å². The molecular formula is C9H7ClN2O2. The summed E-state index contributed by atoms with van der Waals surface area (Å²) in [6.45, 7) is 0. The van der Waals surface area contributed by atoms with Gasteiger partial charge in [0.25, 0.3) is 5.56 Å². The molecule has 0 saturated heterocycles. The molecule has 0 saturated carbocycles. The van der Waals surface area contributed by atoms with Gasteiger partial charge in [-0.05, 0) is 12.1 Å². The predicted molar refractivity (Wildman–Crippen MR) is 53.0 cm³/mol. The minimum atomic E-state index is -0.223. The molecule has 2 rings (SSSR count). The van der Waals surface area contributed by atoms with E-state index in [0.717, 1.165) is 0 Å². The standard InChI is InChI=1S/C9H7ClN2O2/c1-14-6-2-3-8-11-7(10)4-9(13)12(8)5-6/h2-5H,1H3. The SMILES string of the molecule is COc1ccc2nc(Cl)cc(=O)n2c1. The van der Waals surface area contributed by atoms with Gasteiger partial charge in [0.05, 0.1) is 13.3 Å². The Bertz CT molecular complexity index is 536. The first kappa shape index (κ1) is 9.02. The minimum Gasteiger partial charge on any atom is -0.495 e. The number of pyridine rings is 1. The second-order valence-electron chi connectivity index (χ2n) is 2.71. The number of ether oxygens (including phenoxy) is 1. The summed E-state index contributed by atoms with van der Waals surface area (Å²) in [6, 6.07) is 4.65. The Hall–Kier alpha value is -1.55. The van der Waals surface area contributed by atoms with Crippen molar-refractivity contribution in [3.05, 3.63) is 39.9 Å². The molecule has 2 aromatic heterocycles. The van der Waals surface area contributed by atoms with Crippen molar-refractivity contribution in [1.29, 1.82) is 0 Å². The molecule has 4 nitrogen and oxygen atoms in total. The molecule has 0 spiro atoms. The molecule has 0 aliphatic heterocycles. The Morgan fingerprint density at radius 2 is 2.29 bits per heavy atom. The first-order chi connectivity index (χ1) is 6.70.